The number of rotatable bonds is 3. The molecule has 0 fully saturated rings. The number of nitrogens with two attached hydrogens (primary N) is 1. The summed E-state index contributed by atoms with van der Waals surface area (Å²) in [6.45, 7) is 0.939. The third-order valence-corrected chi connectivity index (χ3v) is 3.17. The van der Waals surface area contributed by atoms with Crippen molar-refractivity contribution >= 4 is 12.6 Å². The SMILES string of the molecule is [NH2+]Cc1ccc(Oc2ccc3c(c2)COB3O)cc1. The second-order valence-electron chi connectivity index (χ2n) is 4.47. The molecule has 2 aromatic rings. The zero-order valence-electron chi connectivity index (χ0n) is 10.4. The smallest absolute Gasteiger partial charge is 0.457 e. The first-order valence-corrected chi connectivity index (χ1v) is 6.15. The molecule has 0 aromatic heterocycles. The van der Waals surface area contributed by atoms with Gasteiger partial charge in [0.1, 0.15) is 18.0 Å². The molecule has 2 aromatic carbocycles. The van der Waals surface area contributed by atoms with E-state index in [1.165, 1.54) is 0 Å². The van der Waals surface area contributed by atoms with Gasteiger partial charge in [-0.25, -0.2) is 0 Å². The second-order valence-corrected chi connectivity index (χ2v) is 4.47. The summed E-state index contributed by atoms with van der Waals surface area (Å²) in [4.78, 5) is 0. The molecule has 0 unspecified atom stereocenters. The zero-order valence-corrected chi connectivity index (χ0v) is 10.4. The molecule has 4 nitrogen and oxygen atoms in total. The number of benzene rings is 2. The van der Waals surface area contributed by atoms with Crippen molar-refractivity contribution in [1.29, 1.82) is 0 Å². The van der Waals surface area contributed by atoms with Gasteiger partial charge in [0.2, 0.25) is 0 Å². The van der Waals surface area contributed by atoms with E-state index in [2.05, 4.69) is 0 Å². The van der Waals surface area contributed by atoms with E-state index in [4.69, 9.17) is 15.1 Å². The molecule has 0 saturated carbocycles. The largest absolute Gasteiger partial charge is 0.491 e. The fourth-order valence-electron chi connectivity index (χ4n) is 2.10. The summed E-state index contributed by atoms with van der Waals surface area (Å²) in [6, 6.07) is 13.2. The minimum absolute atomic E-state index is 0.416. The maximum Gasteiger partial charge on any atom is 0.491 e. The van der Waals surface area contributed by atoms with Gasteiger partial charge >= 0.3 is 7.12 Å². The number of hydrogen-bond donors (Lipinski definition) is 2. The third-order valence-electron chi connectivity index (χ3n) is 3.17. The number of hydrogen-bond acceptors (Lipinski definition) is 4. The molecular weight excluding hydrogens is 241 g/mol. The average Bonchev–Trinajstić information content (AvgIpc) is 2.81. The predicted octanol–water partition coefficient (Wildman–Crippen LogP) is 0.224. The lowest BCUT2D eigenvalue weighted by Gasteiger charge is -2.07. The van der Waals surface area contributed by atoms with Crippen LogP contribution >= 0.6 is 0 Å². The quantitative estimate of drug-likeness (QED) is 0.771. The van der Waals surface area contributed by atoms with Gasteiger partial charge in [-0.15, -0.1) is 0 Å². The monoisotopic (exact) mass is 255 g/mol. The van der Waals surface area contributed by atoms with E-state index in [1.807, 2.05) is 42.5 Å². The highest BCUT2D eigenvalue weighted by Crippen LogP contribution is 2.23. The summed E-state index contributed by atoms with van der Waals surface area (Å²) in [5.41, 5.74) is 8.39. The lowest BCUT2D eigenvalue weighted by atomic mass is 9.80. The van der Waals surface area contributed by atoms with Crippen LogP contribution in [0.3, 0.4) is 0 Å². The Bertz CT molecular complexity index is 586. The van der Waals surface area contributed by atoms with E-state index in [-0.39, 0.29) is 0 Å². The Morgan fingerprint density at radius 1 is 1.16 bits per heavy atom. The molecule has 0 atom stereocenters. The molecular formula is C14H14BNO3+. The van der Waals surface area contributed by atoms with Crippen molar-refractivity contribution in [1.82, 2.24) is 0 Å². The molecule has 3 N–H and O–H groups in total. The molecule has 0 amide bonds. The van der Waals surface area contributed by atoms with E-state index < -0.39 is 7.12 Å². The number of fused-ring (bicyclic) bond motifs is 1. The summed E-state index contributed by atoms with van der Waals surface area (Å²) in [6.07, 6.45) is 0. The van der Waals surface area contributed by atoms with Crippen molar-refractivity contribution in [2.24, 2.45) is 0 Å². The van der Waals surface area contributed by atoms with E-state index in [1.54, 1.807) is 0 Å². The van der Waals surface area contributed by atoms with Crippen LogP contribution in [0.15, 0.2) is 42.5 Å². The van der Waals surface area contributed by atoms with Crippen LogP contribution in [0, 0.1) is 0 Å². The van der Waals surface area contributed by atoms with Crippen LogP contribution in [-0.2, 0) is 17.8 Å². The Hall–Kier alpha value is -1.82. The topological polar surface area (TPSA) is 64.0 Å². The lowest BCUT2D eigenvalue weighted by molar-refractivity contribution is -0.386. The Kier molecular flexibility index (Phi) is 3.25. The zero-order chi connectivity index (χ0) is 13.2. The van der Waals surface area contributed by atoms with E-state index in [0.29, 0.717) is 13.2 Å². The van der Waals surface area contributed by atoms with Crippen molar-refractivity contribution < 1.29 is 20.1 Å². The summed E-state index contributed by atoms with van der Waals surface area (Å²) < 4.78 is 10.9. The Balaban J connectivity index is 1.79. The summed E-state index contributed by atoms with van der Waals surface area (Å²) in [5.74, 6) is 1.49. The van der Waals surface area contributed by atoms with Crippen molar-refractivity contribution in [2.75, 3.05) is 0 Å². The van der Waals surface area contributed by atoms with Gasteiger partial charge in [-0.05, 0) is 47.4 Å². The first kappa shape index (κ1) is 12.2. The van der Waals surface area contributed by atoms with Crippen molar-refractivity contribution in [3.8, 4) is 11.5 Å². The third kappa shape index (κ3) is 2.49. The summed E-state index contributed by atoms with van der Waals surface area (Å²) in [5, 5.41) is 9.54. The molecule has 1 radical (unpaired) electrons. The van der Waals surface area contributed by atoms with Crippen LogP contribution in [-0.4, -0.2) is 12.1 Å². The molecule has 0 aliphatic carbocycles. The molecule has 1 heterocycles. The molecule has 1 aliphatic heterocycles. The van der Waals surface area contributed by atoms with Crippen LogP contribution in [0.1, 0.15) is 11.1 Å². The highest BCUT2D eigenvalue weighted by atomic mass is 16.5. The minimum atomic E-state index is -0.812. The summed E-state index contributed by atoms with van der Waals surface area (Å²) >= 11 is 0. The Labute approximate surface area is 111 Å². The van der Waals surface area contributed by atoms with Gasteiger partial charge < -0.3 is 14.4 Å². The fourth-order valence-corrected chi connectivity index (χ4v) is 2.10. The van der Waals surface area contributed by atoms with Crippen LogP contribution in [0.2, 0.25) is 0 Å². The van der Waals surface area contributed by atoms with Crippen LogP contribution in [0.25, 0.3) is 0 Å². The van der Waals surface area contributed by atoms with Gasteiger partial charge in [-0.3, -0.25) is 0 Å². The number of ether oxygens (including phenoxy) is 1. The molecule has 5 heteroatoms. The van der Waals surface area contributed by atoms with Crippen molar-refractivity contribution in [3.63, 3.8) is 0 Å². The van der Waals surface area contributed by atoms with E-state index >= 15 is 0 Å². The first-order valence-electron chi connectivity index (χ1n) is 6.15. The molecule has 95 valence electrons. The molecule has 3 rings (SSSR count). The average molecular weight is 255 g/mol. The lowest BCUT2D eigenvalue weighted by Crippen LogP contribution is -2.47. The minimum Gasteiger partial charge on any atom is -0.457 e. The molecule has 0 bridgehead atoms. The molecule has 19 heavy (non-hydrogen) atoms. The van der Waals surface area contributed by atoms with E-state index in [0.717, 1.165) is 28.1 Å². The Morgan fingerprint density at radius 2 is 1.89 bits per heavy atom. The maximum absolute atomic E-state index is 9.54. The van der Waals surface area contributed by atoms with Crippen LogP contribution in [0.5, 0.6) is 11.5 Å². The maximum atomic E-state index is 9.54. The molecule has 0 saturated heterocycles. The van der Waals surface area contributed by atoms with Crippen LogP contribution in [0.4, 0.5) is 0 Å². The molecule has 0 spiro atoms. The first-order chi connectivity index (χ1) is 9.26. The van der Waals surface area contributed by atoms with Gasteiger partial charge in [-0.1, -0.05) is 6.07 Å². The van der Waals surface area contributed by atoms with Gasteiger partial charge in [0.25, 0.3) is 0 Å². The Morgan fingerprint density at radius 3 is 2.63 bits per heavy atom. The molecule has 1 aliphatic rings. The van der Waals surface area contributed by atoms with Crippen LogP contribution < -0.4 is 15.9 Å². The van der Waals surface area contributed by atoms with Crippen molar-refractivity contribution in [2.45, 2.75) is 13.2 Å². The predicted molar refractivity (Wildman–Crippen MR) is 71.0 cm³/mol. The highest BCUT2D eigenvalue weighted by molar-refractivity contribution is 6.61. The standard InChI is InChI=1S/C14H14BNO3/c16-8-10-1-3-12(4-2-10)19-13-5-6-14-11(7-13)9-18-15(14)17/h1-7,17H,8-9,16H2/q+1. The second kappa shape index (κ2) is 5.05. The normalized spacial score (nSPS) is 13.5. The van der Waals surface area contributed by atoms with Crippen molar-refractivity contribution in [3.05, 3.63) is 53.6 Å². The summed E-state index contributed by atoms with van der Waals surface area (Å²) in [7, 11) is -0.812. The highest BCUT2D eigenvalue weighted by Gasteiger charge is 2.27. The fraction of sp³-hybridized carbons (Fsp3) is 0.143. The van der Waals surface area contributed by atoms with Gasteiger partial charge in [-0.2, -0.15) is 5.73 Å². The van der Waals surface area contributed by atoms with Gasteiger partial charge in [0.15, 0.2) is 0 Å². The van der Waals surface area contributed by atoms with Gasteiger partial charge in [0.05, 0.1) is 6.61 Å². The van der Waals surface area contributed by atoms with E-state index in [9.17, 15) is 5.02 Å². The van der Waals surface area contributed by atoms with Gasteiger partial charge in [0, 0.05) is 5.56 Å².